The van der Waals surface area contributed by atoms with Gasteiger partial charge < -0.3 is 9.26 Å². The number of ether oxygens (including phenoxy) is 1. The van der Waals surface area contributed by atoms with Crippen LogP contribution in [0.5, 0.6) is 5.75 Å². The van der Waals surface area contributed by atoms with Crippen LogP contribution in [-0.2, 0) is 0 Å². The first-order valence-electron chi connectivity index (χ1n) is 8.92. The van der Waals surface area contributed by atoms with Crippen molar-refractivity contribution < 1.29 is 9.26 Å². The van der Waals surface area contributed by atoms with E-state index in [4.69, 9.17) is 9.26 Å². The van der Waals surface area contributed by atoms with Crippen LogP contribution < -0.4 is 4.74 Å². The summed E-state index contributed by atoms with van der Waals surface area (Å²) < 4.78 is 11.5. The van der Waals surface area contributed by atoms with Crippen molar-refractivity contribution in [3.8, 4) is 28.6 Å². The number of aryl methyl sites for hydroxylation is 1. The Morgan fingerprint density at radius 1 is 0.852 bits per heavy atom. The standard InChI is InChI=1S/C23H20N2O2/c1-16-8-6-7-11-21(16)23-24-22(25-27-23)19-12-14-20(15-13-19)26-17(2)18-9-4-3-5-10-18/h3-15,17H,1-2H3/t17-/m1/s1. The summed E-state index contributed by atoms with van der Waals surface area (Å²) in [5, 5.41) is 4.12. The van der Waals surface area contributed by atoms with Gasteiger partial charge in [0.1, 0.15) is 11.9 Å². The Balaban J connectivity index is 1.51. The summed E-state index contributed by atoms with van der Waals surface area (Å²) in [5.74, 6) is 1.90. The van der Waals surface area contributed by atoms with Crippen molar-refractivity contribution in [2.24, 2.45) is 0 Å². The molecule has 0 N–H and O–H groups in total. The van der Waals surface area contributed by atoms with Gasteiger partial charge in [-0.2, -0.15) is 4.98 Å². The molecule has 134 valence electrons. The molecule has 3 aromatic carbocycles. The minimum atomic E-state index is -0.0186. The van der Waals surface area contributed by atoms with Gasteiger partial charge >= 0.3 is 0 Å². The lowest BCUT2D eigenvalue weighted by atomic mass is 10.1. The Morgan fingerprint density at radius 3 is 2.30 bits per heavy atom. The number of benzene rings is 3. The first-order valence-corrected chi connectivity index (χ1v) is 8.92. The van der Waals surface area contributed by atoms with Gasteiger partial charge in [-0.25, -0.2) is 0 Å². The summed E-state index contributed by atoms with van der Waals surface area (Å²) in [5.41, 5.74) is 4.08. The third-order valence-electron chi connectivity index (χ3n) is 4.50. The number of rotatable bonds is 5. The van der Waals surface area contributed by atoms with Gasteiger partial charge in [0, 0.05) is 11.1 Å². The molecule has 4 rings (SSSR count). The van der Waals surface area contributed by atoms with Crippen molar-refractivity contribution in [2.45, 2.75) is 20.0 Å². The molecule has 1 heterocycles. The maximum Gasteiger partial charge on any atom is 0.258 e. The number of hydrogen-bond donors (Lipinski definition) is 0. The Hall–Kier alpha value is -3.40. The fourth-order valence-electron chi connectivity index (χ4n) is 2.94. The molecular formula is C23H20N2O2. The summed E-state index contributed by atoms with van der Waals surface area (Å²) >= 11 is 0. The lowest BCUT2D eigenvalue weighted by Crippen LogP contribution is -2.02. The number of nitrogens with zero attached hydrogens (tertiary/aromatic N) is 2. The van der Waals surface area contributed by atoms with Crippen molar-refractivity contribution in [1.29, 1.82) is 0 Å². The maximum atomic E-state index is 6.02. The molecule has 0 unspecified atom stereocenters. The fraction of sp³-hybridized carbons (Fsp3) is 0.130. The molecule has 4 nitrogen and oxygen atoms in total. The summed E-state index contributed by atoms with van der Waals surface area (Å²) in [6, 6.07) is 25.9. The Bertz CT molecular complexity index is 1020. The molecule has 0 bridgehead atoms. The third kappa shape index (κ3) is 3.75. The summed E-state index contributed by atoms with van der Waals surface area (Å²) in [7, 11) is 0. The Morgan fingerprint density at radius 2 is 1.56 bits per heavy atom. The van der Waals surface area contributed by atoms with E-state index in [0.29, 0.717) is 11.7 Å². The summed E-state index contributed by atoms with van der Waals surface area (Å²) in [6.07, 6.45) is -0.0186. The van der Waals surface area contributed by atoms with E-state index in [-0.39, 0.29) is 6.10 Å². The van der Waals surface area contributed by atoms with Crippen LogP contribution in [0.15, 0.2) is 83.4 Å². The second-order valence-electron chi connectivity index (χ2n) is 6.43. The predicted molar refractivity (Wildman–Crippen MR) is 105 cm³/mol. The van der Waals surface area contributed by atoms with Crippen LogP contribution in [-0.4, -0.2) is 10.1 Å². The van der Waals surface area contributed by atoms with Crippen LogP contribution in [0.25, 0.3) is 22.8 Å². The fourth-order valence-corrected chi connectivity index (χ4v) is 2.94. The van der Waals surface area contributed by atoms with Crippen LogP contribution >= 0.6 is 0 Å². The van der Waals surface area contributed by atoms with Gasteiger partial charge in [-0.15, -0.1) is 0 Å². The van der Waals surface area contributed by atoms with Crippen molar-refractivity contribution in [2.75, 3.05) is 0 Å². The van der Waals surface area contributed by atoms with Crippen LogP contribution in [0.3, 0.4) is 0 Å². The molecule has 0 aliphatic heterocycles. The van der Waals surface area contributed by atoms with Gasteiger partial charge in [0.25, 0.3) is 5.89 Å². The molecule has 0 aliphatic rings. The molecule has 0 fully saturated rings. The zero-order valence-electron chi connectivity index (χ0n) is 15.3. The largest absolute Gasteiger partial charge is 0.486 e. The number of hydrogen-bond acceptors (Lipinski definition) is 4. The lowest BCUT2D eigenvalue weighted by molar-refractivity contribution is 0.227. The van der Waals surface area contributed by atoms with Crippen LogP contribution in [0.1, 0.15) is 24.2 Å². The molecule has 1 atom stereocenters. The SMILES string of the molecule is Cc1ccccc1-c1nc(-c2ccc(O[C@H](C)c3ccccc3)cc2)no1. The average Bonchev–Trinajstić information content (AvgIpc) is 3.19. The smallest absolute Gasteiger partial charge is 0.258 e. The first kappa shape index (κ1) is 17.0. The molecule has 4 aromatic rings. The van der Waals surface area contributed by atoms with Gasteiger partial charge in [0.2, 0.25) is 5.82 Å². The van der Waals surface area contributed by atoms with Gasteiger partial charge in [0.05, 0.1) is 0 Å². The van der Waals surface area contributed by atoms with Gasteiger partial charge in [-0.1, -0.05) is 53.7 Å². The average molecular weight is 356 g/mol. The van der Waals surface area contributed by atoms with Crippen LogP contribution in [0.4, 0.5) is 0 Å². The highest BCUT2D eigenvalue weighted by Crippen LogP contribution is 2.27. The van der Waals surface area contributed by atoms with E-state index in [0.717, 1.165) is 28.0 Å². The highest BCUT2D eigenvalue weighted by atomic mass is 16.5. The van der Waals surface area contributed by atoms with E-state index >= 15 is 0 Å². The molecule has 0 aliphatic carbocycles. The van der Waals surface area contributed by atoms with Crippen molar-refractivity contribution in [3.05, 3.63) is 90.0 Å². The highest BCUT2D eigenvalue weighted by molar-refractivity contribution is 5.62. The zero-order chi connectivity index (χ0) is 18.6. The van der Waals surface area contributed by atoms with Gasteiger partial charge in [0.15, 0.2) is 0 Å². The molecule has 27 heavy (non-hydrogen) atoms. The second kappa shape index (κ2) is 7.46. The predicted octanol–water partition coefficient (Wildman–Crippen LogP) is 5.85. The molecule has 0 radical (unpaired) electrons. The molecule has 0 spiro atoms. The third-order valence-corrected chi connectivity index (χ3v) is 4.50. The topological polar surface area (TPSA) is 48.2 Å². The first-order chi connectivity index (χ1) is 13.2. The second-order valence-corrected chi connectivity index (χ2v) is 6.43. The van der Waals surface area contributed by atoms with Gasteiger partial charge in [-0.05, 0) is 55.3 Å². The Kier molecular flexibility index (Phi) is 4.71. The van der Waals surface area contributed by atoms with E-state index in [1.807, 2.05) is 80.6 Å². The maximum absolute atomic E-state index is 6.02. The molecule has 0 saturated carbocycles. The van der Waals surface area contributed by atoms with Crippen molar-refractivity contribution in [3.63, 3.8) is 0 Å². The molecule has 1 aromatic heterocycles. The summed E-state index contributed by atoms with van der Waals surface area (Å²) in [4.78, 5) is 4.53. The van der Waals surface area contributed by atoms with Gasteiger partial charge in [-0.3, -0.25) is 0 Å². The molecule has 0 amide bonds. The lowest BCUT2D eigenvalue weighted by Gasteiger charge is -2.15. The normalized spacial score (nSPS) is 11.9. The van der Waals surface area contributed by atoms with Crippen LogP contribution in [0, 0.1) is 6.92 Å². The molecule has 4 heteroatoms. The molecular weight excluding hydrogens is 336 g/mol. The Labute approximate surface area is 158 Å². The van der Waals surface area contributed by atoms with E-state index in [1.165, 1.54) is 0 Å². The minimum absolute atomic E-state index is 0.0186. The number of aromatic nitrogens is 2. The van der Waals surface area contributed by atoms with E-state index < -0.39 is 0 Å². The van der Waals surface area contributed by atoms with Crippen LogP contribution in [0.2, 0.25) is 0 Å². The van der Waals surface area contributed by atoms with E-state index in [2.05, 4.69) is 22.3 Å². The van der Waals surface area contributed by atoms with E-state index in [9.17, 15) is 0 Å². The summed E-state index contributed by atoms with van der Waals surface area (Å²) in [6.45, 7) is 4.07. The quantitative estimate of drug-likeness (QED) is 0.450. The minimum Gasteiger partial charge on any atom is -0.486 e. The monoisotopic (exact) mass is 356 g/mol. The molecule has 0 saturated heterocycles. The van der Waals surface area contributed by atoms with Crippen molar-refractivity contribution in [1.82, 2.24) is 10.1 Å². The van der Waals surface area contributed by atoms with Crippen molar-refractivity contribution >= 4 is 0 Å². The van der Waals surface area contributed by atoms with E-state index in [1.54, 1.807) is 0 Å². The zero-order valence-corrected chi connectivity index (χ0v) is 15.3. The highest BCUT2D eigenvalue weighted by Gasteiger charge is 2.13.